The van der Waals surface area contributed by atoms with Crippen LogP contribution in [0.1, 0.15) is 62.2 Å². The molecule has 2 aromatic carbocycles. The van der Waals surface area contributed by atoms with E-state index in [1.54, 1.807) is 0 Å². The molecular weight excluding hydrogens is 372 g/mol. The first-order valence-corrected chi connectivity index (χ1v) is 11.2. The summed E-state index contributed by atoms with van der Waals surface area (Å²) in [5.74, 6) is 0.843. The number of ether oxygens (including phenoxy) is 1. The van der Waals surface area contributed by atoms with Crippen molar-refractivity contribution in [2.45, 2.75) is 57.9 Å². The summed E-state index contributed by atoms with van der Waals surface area (Å²) >= 11 is 0. The van der Waals surface area contributed by atoms with Crippen LogP contribution in [0.5, 0.6) is 5.75 Å². The molecule has 30 heavy (non-hydrogen) atoms. The molecule has 156 valence electrons. The van der Waals surface area contributed by atoms with Crippen LogP contribution in [0.2, 0.25) is 0 Å². The average molecular weight is 403 g/mol. The van der Waals surface area contributed by atoms with E-state index in [-0.39, 0.29) is 11.9 Å². The Kier molecular flexibility index (Phi) is 6.63. The van der Waals surface area contributed by atoms with Gasteiger partial charge in [-0.25, -0.2) is 4.98 Å². The molecule has 4 heteroatoms. The van der Waals surface area contributed by atoms with Crippen molar-refractivity contribution in [1.82, 2.24) is 10.3 Å². The van der Waals surface area contributed by atoms with Gasteiger partial charge in [0.05, 0.1) is 23.4 Å². The van der Waals surface area contributed by atoms with Gasteiger partial charge < -0.3 is 10.1 Å². The Morgan fingerprint density at radius 2 is 1.70 bits per heavy atom. The molecule has 1 aliphatic rings. The number of aromatic nitrogens is 1. The van der Waals surface area contributed by atoms with Gasteiger partial charge in [-0.05, 0) is 56.2 Å². The highest BCUT2D eigenvalue weighted by molar-refractivity contribution is 6.07. The van der Waals surface area contributed by atoms with E-state index in [4.69, 9.17) is 9.72 Å². The molecule has 4 rings (SSSR count). The van der Waals surface area contributed by atoms with Crippen LogP contribution in [-0.4, -0.2) is 23.5 Å². The molecule has 1 amide bonds. The number of pyridine rings is 1. The lowest BCUT2D eigenvalue weighted by atomic mass is 9.96. The molecule has 0 radical (unpaired) electrons. The van der Waals surface area contributed by atoms with Crippen molar-refractivity contribution in [1.29, 1.82) is 0 Å². The topological polar surface area (TPSA) is 51.2 Å². The Balaban J connectivity index is 1.65. The van der Waals surface area contributed by atoms with Crippen LogP contribution in [0.3, 0.4) is 0 Å². The lowest BCUT2D eigenvalue weighted by molar-refractivity contribution is 0.0932. The largest absolute Gasteiger partial charge is 0.494 e. The van der Waals surface area contributed by atoms with Gasteiger partial charge >= 0.3 is 0 Å². The Labute approximate surface area is 178 Å². The molecule has 0 atom stereocenters. The number of rotatable bonds is 5. The maximum atomic E-state index is 13.3. The molecule has 1 saturated carbocycles. The number of nitrogens with zero attached hydrogens (tertiary/aromatic N) is 1. The van der Waals surface area contributed by atoms with Crippen LogP contribution in [0, 0.1) is 0 Å². The van der Waals surface area contributed by atoms with Crippen molar-refractivity contribution in [3.63, 3.8) is 0 Å². The van der Waals surface area contributed by atoms with E-state index in [0.717, 1.165) is 40.8 Å². The minimum Gasteiger partial charge on any atom is -0.494 e. The summed E-state index contributed by atoms with van der Waals surface area (Å²) in [6.45, 7) is 2.61. The summed E-state index contributed by atoms with van der Waals surface area (Å²) in [4.78, 5) is 18.1. The van der Waals surface area contributed by atoms with Gasteiger partial charge in [-0.1, -0.05) is 50.3 Å². The predicted octanol–water partition coefficient (Wildman–Crippen LogP) is 6.14. The number of nitrogens with one attached hydrogen (secondary N) is 1. The zero-order valence-electron chi connectivity index (χ0n) is 17.7. The fourth-order valence-corrected chi connectivity index (χ4v) is 4.26. The molecule has 0 bridgehead atoms. The molecule has 1 aromatic heterocycles. The summed E-state index contributed by atoms with van der Waals surface area (Å²) in [6.07, 6.45) is 8.39. The van der Waals surface area contributed by atoms with Crippen molar-refractivity contribution in [3.8, 4) is 17.0 Å². The van der Waals surface area contributed by atoms with Crippen LogP contribution < -0.4 is 10.1 Å². The molecular formula is C26H30N2O2. The normalized spacial score (nSPS) is 15.4. The number of carbonyl (C=O) groups excluding carboxylic acids is 1. The third kappa shape index (κ3) is 4.81. The summed E-state index contributed by atoms with van der Waals surface area (Å²) in [6, 6.07) is 18.0. The van der Waals surface area contributed by atoms with Crippen molar-refractivity contribution < 1.29 is 9.53 Å². The van der Waals surface area contributed by atoms with Gasteiger partial charge in [0.15, 0.2) is 0 Å². The molecule has 1 heterocycles. The number of fused-ring (bicyclic) bond motifs is 1. The SMILES string of the molecule is CCOc1ccc(-c2cc(C(=O)NC3CCCCCCC3)c3ccccc3n2)cc1. The van der Waals surface area contributed by atoms with Gasteiger partial charge in [0.2, 0.25) is 0 Å². The highest BCUT2D eigenvalue weighted by Gasteiger charge is 2.18. The molecule has 3 aromatic rings. The number of hydrogen-bond donors (Lipinski definition) is 1. The van der Waals surface area contributed by atoms with E-state index in [1.165, 1.54) is 32.1 Å². The second kappa shape index (κ2) is 9.75. The van der Waals surface area contributed by atoms with Crippen molar-refractivity contribution in [2.75, 3.05) is 6.61 Å². The lowest BCUT2D eigenvalue weighted by Crippen LogP contribution is -2.35. The summed E-state index contributed by atoms with van der Waals surface area (Å²) in [5, 5.41) is 4.21. The minimum absolute atomic E-state index is 0.00589. The van der Waals surface area contributed by atoms with E-state index >= 15 is 0 Å². The summed E-state index contributed by atoms with van der Waals surface area (Å²) in [7, 11) is 0. The monoisotopic (exact) mass is 402 g/mol. The molecule has 4 nitrogen and oxygen atoms in total. The van der Waals surface area contributed by atoms with E-state index in [2.05, 4.69) is 5.32 Å². The zero-order chi connectivity index (χ0) is 20.8. The van der Waals surface area contributed by atoms with Crippen molar-refractivity contribution in [3.05, 3.63) is 60.2 Å². The standard InChI is InChI=1S/C26H30N2O2/c1-2-30-21-16-14-19(15-17-21)25-18-23(22-12-8-9-13-24(22)28-25)26(29)27-20-10-6-4-3-5-7-11-20/h8-9,12-18,20H,2-7,10-11H2,1H3,(H,27,29). The average Bonchev–Trinajstić information content (AvgIpc) is 2.75. The number of carbonyl (C=O) groups is 1. The highest BCUT2D eigenvalue weighted by Crippen LogP contribution is 2.27. The van der Waals surface area contributed by atoms with Crippen LogP contribution in [0.25, 0.3) is 22.2 Å². The fraction of sp³-hybridized carbons (Fsp3) is 0.385. The zero-order valence-corrected chi connectivity index (χ0v) is 17.7. The maximum Gasteiger partial charge on any atom is 0.252 e. The Hall–Kier alpha value is -2.88. The Morgan fingerprint density at radius 3 is 2.43 bits per heavy atom. The minimum atomic E-state index is 0.00589. The van der Waals surface area contributed by atoms with E-state index in [0.29, 0.717) is 12.2 Å². The summed E-state index contributed by atoms with van der Waals surface area (Å²) in [5.41, 5.74) is 3.32. The molecule has 1 aliphatic carbocycles. The predicted molar refractivity (Wildman–Crippen MR) is 122 cm³/mol. The summed E-state index contributed by atoms with van der Waals surface area (Å²) < 4.78 is 5.55. The smallest absolute Gasteiger partial charge is 0.252 e. The number of para-hydroxylation sites is 1. The molecule has 0 spiro atoms. The molecule has 1 fully saturated rings. The van der Waals surface area contributed by atoms with Gasteiger partial charge in [-0.3, -0.25) is 4.79 Å². The Morgan fingerprint density at radius 1 is 1.00 bits per heavy atom. The third-order valence-electron chi connectivity index (χ3n) is 5.86. The van der Waals surface area contributed by atoms with E-state index in [1.807, 2.05) is 61.5 Å². The van der Waals surface area contributed by atoms with Gasteiger partial charge in [-0.2, -0.15) is 0 Å². The van der Waals surface area contributed by atoms with E-state index < -0.39 is 0 Å². The molecule has 1 N–H and O–H groups in total. The fourth-order valence-electron chi connectivity index (χ4n) is 4.26. The highest BCUT2D eigenvalue weighted by atomic mass is 16.5. The maximum absolute atomic E-state index is 13.3. The van der Waals surface area contributed by atoms with Crippen molar-refractivity contribution in [2.24, 2.45) is 0 Å². The molecule has 0 saturated heterocycles. The first-order chi connectivity index (χ1) is 14.7. The number of benzene rings is 2. The van der Waals surface area contributed by atoms with Gasteiger partial charge in [0.1, 0.15) is 5.75 Å². The van der Waals surface area contributed by atoms with Gasteiger partial charge in [0.25, 0.3) is 5.91 Å². The van der Waals surface area contributed by atoms with E-state index in [9.17, 15) is 4.79 Å². The quantitative estimate of drug-likeness (QED) is 0.557. The first-order valence-electron chi connectivity index (χ1n) is 11.2. The number of hydrogen-bond acceptors (Lipinski definition) is 3. The second-order valence-electron chi connectivity index (χ2n) is 8.05. The van der Waals surface area contributed by atoms with Crippen LogP contribution in [-0.2, 0) is 0 Å². The van der Waals surface area contributed by atoms with Crippen LogP contribution in [0.15, 0.2) is 54.6 Å². The lowest BCUT2D eigenvalue weighted by Gasteiger charge is -2.21. The van der Waals surface area contributed by atoms with Gasteiger partial charge in [0, 0.05) is 17.0 Å². The molecule has 0 aliphatic heterocycles. The van der Waals surface area contributed by atoms with Crippen LogP contribution in [0.4, 0.5) is 0 Å². The first kappa shape index (κ1) is 20.4. The third-order valence-corrected chi connectivity index (χ3v) is 5.86. The van der Waals surface area contributed by atoms with Gasteiger partial charge in [-0.15, -0.1) is 0 Å². The van der Waals surface area contributed by atoms with Crippen molar-refractivity contribution >= 4 is 16.8 Å². The number of amides is 1. The molecule has 0 unspecified atom stereocenters. The Bertz CT molecular complexity index is 990. The second-order valence-corrected chi connectivity index (χ2v) is 8.05. The van der Waals surface area contributed by atoms with Crippen LogP contribution >= 0.6 is 0 Å².